The Labute approximate surface area is 189 Å². The molecule has 1 aromatic heterocycles. The van der Waals surface area contributed by atoms with E-state index >= 15 is 0 Å². The Balaban J connectivity index is 1.59. The van der Waals surface area contributed by atoms with E-state index in [1.54, 1.807) is 41.8 Å². The molecule has 3 aromatic rings. The fourth-order valence-electron chi connectivity index (χ4n) is 2.45. The van der Waals surface area contributed by atoms with Crippen LogP contribution < -0.4 is 20.1 Å². The molecule has 0 aliphatic carbocycles. The largest absolute Gasteiger partial charge is 0.494 e. The summed E-state index contributed by atoms with van der Waals surface area (Å²) in [5, 5.41) is 7.50. The summed E-state index contributed by atoms with van der Waals surface area (Å²) in [5.41, 5.74) is 0.936. The van der Waals surface area contributed by atoms with Crippen molar-refractivity contribution in [2.75, 3.05) is 16.6 Å². The number of hydrogen-bond donors (Lipinski definition) is 3. The molecule has 0 saturated carbocycles. The van der Waals surface area contributed by atoms with Gasteiger partial charge in [0.15, 0.2) is 10.2 Å². The van der Waals surface area contributed by atoms with Gasteiger partial charge in [-0.3, -0.25) is 14.8 Å². The topological polar surface area (TPSA) is 109 Å². The zero-order valence-electron chi connectivity index (χ0n) is 16.5. The van der Waals surface area contributed by atoms with Crippen molar-refractivity contribution in [2.24, 2.45) is 0 Å². The van der Waals surface area contributed by atoms with Gasteiger partial charge < -0.3 is 10.1 Å². The van der Waals surface area contributed by atoms with E-state index in [2.05, 4.69) is 20.3 Å². The van der Waals surface area contributed by atoms with Crippen LogP contribution in [0.1, 0.15) is 23.7 Å². The second kappa shape index (κ2) is 10.3. The van der Waals surface area contributed by atoms with Crippen molar-refractivity contribution >= 4 is 55.4 Å². The van der Waals surface area contributed by atoms with Gasteiger partial charge in [0.05, 0.1) is 11.5 Å². The van der Waals surface area contributed by atoms with E-state index in [-0.39, 0.29) is 21.0 Å². The maximum Gasteiger partial charge on any atom is 0.263 e. The minimum absolute atomic E-state index is 0.0760. The molecule has 1 heterocycles. The second-order valence-corrected chi connectivity index (χ2v) is 9.24. The minimum Gasteiger partial charge on any atom is -0.494 e. The highest BCUT2D eigenvalue weighted by Gasteiger charge is 2.15. The summed E-state index contributed by atoms with van der Waals surface area (Å²) >= 11 is 6.37. The standard InChI is InChI=1S/C20H20N4O4S3/c1-2-11-28-16-5-3-4-14(13-16)18(25)23-19(29)22-15-6-8-17(9-7-15)31(26,27)24-20-21-10-12-30-20/h3-10,12-13H,2,11H2,1H3,(H,21,24)(H2,22,23,25,29). The van der Waals surface area contributed by atoms with Crippen LogP contribution in [0.5, 0.6) is 5.75 Å². The summed E-state index contributed by atoms with van der Waals surface area (Å²) in [6, 6.07) is 12.8. The number of nitrogens with one attached hydrogen (secondary N) is 3. The number of hydrogen-bond acceptors (Lipinski definition) is 7. The summed E-state index contributed by atoms with van der Waals surface area (Å²) < 4.78 is 32.7. The third kappa shape index (κ3) is 6.48. The lowest BCUT2D eigenvalue weighted by Crippen LogP contribution is -2.34. The van der Waals surface area contributed by atoms with Gasteiger partial charge in [-0.2, -0.15) is 0 Å². The molecule has 31 heavy (non-hydrogen) atoms. The molecule has 0 bridgehead atoms. The van der Waals surface area contributed by atoms with Crippen LogP contribution in [0, 0.1) is 0 Å². The van der Waals surface area contributed by atoms with Crippen molar-refractivity contribution in [3.63, 3.8) is 0 Å². The van der Waals surface area contributed by atoms with Gasteiger partial charge in [0.2, 0.25) is 0 Å². The molecule has 0 saturated heterocycles. The van der Waals surface area contributed by atoms with E-state index in [0.717, 1.165) is 6.42 Å². The highest BCUT2D eigenvalue weighted by Crippen LogP contribution is 2.19. The van der Waals surface area contributed by atoms with Gasteiger partial charge in [-0.1, -0.05) is 13.0 Å². The average molecular weight is 477 g/mol. The van der Waals surface area contributed by atoms with Gasteiger partial charge in [0, 0.05) is 22.8 Å². The monoisotopic (exact) mass is 476 g/mol. The Morgan fingerprint density at radius 2 is 1.97 bits per heavy atom. The second-order valence-electron chi connectivity index (χ2n) is 6.25. The van der Waals surface area contributed by atoms with Crippen molar-refractivity contribution in [1.29, 1.82) is 0 Å². The van der Waals surface area contributed by atoms with Crippen molar-refractivity contribution < 1.29 is 17.9 Å². The van der Waals surface area contributed by atoms with E-state index in [1.807, 2.05) is 6.92 Å². The molecule has 8 nitrogen and oxygen atoms in total. The first-order valence-corrected chi connectivity index (χ1v) is 12.0. The molecule has 3 rings (SSSR count). The number of sulfonamides is 1. The number of rotatable bonds is 8. The Hall–Kier alpha value is -3.02. The number of carbonyl (C=O) groups is 1. The first kappa shape index (κ1) is 22.7. The van der Waals surface area contributed by atoms with Crippen LogP contribution in [0.15, 0.2) is 65.0 Å². The molecule has 11 heteroatoms. The van der Waals surface area contributed by atoms with Gasteiger partial charge >= 0.3 is 0 Å². The number of nitrogens with zero attached hydrogens (tertiary/aromatic N) is 1. The van der Waals surface area contributed by atoms with Crippen LogP contribution in [0.25, 0.3) is 0 Å². The number of ether oxygens (including phenoxy) is 1. The van der Waals surface area contributed by atoms with Crippen molar-refractivity contribution in [3.8, 4) is 5.75 Å². The highest BCUT2D eigenvalue weighted by molar-refractivity contribution is 7.93. The van der Waals surface area contributed by atoms with E-state index < -0.39 is 10.0 Å². The molecule has 0 radical (unpaired) electrons. The molecule has 0 spiro atoms. The first-order valence-electron chi connectivity index (χ1n) is 9.25. The van der Waals surface area contributed by atoms with Crippen molar-refractivity contribution in [2.45, 2.75) is 18.2 Å². The lowest BCUT2D eigenvalue weighted by atomic mass is 10.2. The fourth-order valence-corrected chi connectivity index (χ4v) is 4.45. The van der Waals surface area contributed by atoms with Gasteiger partial charge in [-0.15, -0.1) is 11.3 Å². The Morgan fingerprint density at radius 3 is 2.65 bits per heavy atom. The molecule has 0 unspecified atom stereocenters. The predicted octanol–water partition coefficient (Wildman–Crippen LogP) is 3.86. The summed E-state index contributed by atoms with van der Waals surface area (Å²) in [7, 11) is -3.74. The average Bonchev–Trinajstić information content (AvgIpc) is 3.25. The number of thiazole rings is 1. The van der Waals surface area contributed by atoms with E-state index in [4.69, 9.17) is 17.0 Å². The van der Waals surface area contributed by atoms with Crippen LogP contribution in [-0.2, 0) is 10.0 Å². The van der Waals surface area contributed by atoms with E-state index in [0.29, 0.717) is 23.6 Å². The minimum atomic E-state index is -3.74. The third-order valence-electron chi connectivity index (χ3n) is 3.87. The SMILES string of the molecule is CCCOc1cccc(C(=O)NC(=S)Nc2ccc(S(=O)(=O)Nc3nccs3)cc2)c1. The van der Waals surface area contributed by atoms with Crippen LogP contribution in [0.3, 0.4) is 0 Å². The van der Waals surface area contributed by atoms with E-state index in [1.165, 1.54) is 29.7 Å². The molecule has 0 atom stereocenters. The molecule has 0 fully saturated rings. The lowest BCUT2D eigenvalue weighted by molar-refractivity contribution is 0.0977. The van der Waals surface area contributed by atoms with Crippen molar-refractivity contribution in [3.05, 3.63) is 65.7 Å². The summed E-state index contributed by atoms with van der Waals surface area (Å²) in [4.78, 5) is 16.4. The predicted molar refractivity (Wildman–Crippen MR) is 125 cm³/mol. The Morgan fingerprint density at radius 1 is 1.19 bits per heavy atom. The zero-order chi connectivity index (χ0) is 22.3. The van der Waals surface area contributed by atoms with Gasteiger partial charge in [0.1, 0.15) is 5.75 Å². The number of amides is 1. The Kier molecular flexibility index (Phi) is 7.55. The highest BCUT2D eigenvalue weighted by atomic mass is 32.2. The van der Waals surface area contributed by atoms with Crippen LogP contribution in [0.4, 0.5) is 10.8 Å². The molecule has 3 N–H and O–H groups in total. The molecular weight excluding hydrogens is 456 g/mol. The number of aromatic nitrogens is 1. The van der Waals surface area contributed by atoms with Crippen molar-refractivity contribution in [1.82, 2.24) is 10.3 Å². The van der Waals surface area contributed by atoms with Crippen LogP contribution in [0.2, 0.25) is 0 Å². The zero-order valence-corrected chi connectivity index (χ0v) is 18.9. The van der Waals surface area contributed by atoms with E-state index in [9.17, 15) is 13.2 Å². The van der Waals surface area contributed by atoms with Crippen LogP contribution in [-0.4, -0.2) is 31.0 Å². The quantitative estimate of drug-likeness (QED) is 0.424. The summed E-state index contributed by atoms with van der Waals surface area (Å²) in [5.74, 6) is 0.225. The van der Waals surface area contributed by atoms with Gasteiger partial charge in [-0.25, -0.2) is 13.4 Å². The smallest absolute Gasteiger partial charge is 0.263 e. The normalized spacial score (nSPS) is 10.9. The lowest BCUT2D eigenvalue weighted by Gasteiger charge is -2.11. The van der Waals surface area contributed by atoms with Gasteiger partial charge in [0.25, 0.3) is 15.9 Å². The van der Waals surface area contributed by atoms with Gasteiger partial charge in [-0.05, 0) is 61.1 Å². The van der Waals surface area contributed by atoms with Crippen LogP contribution >= 0.6 is 23.6 Å². The number of anilines is 2. The molecule has 2 aromatic carbocycles. The number of thiocarbonyl (C=S) groups is 1. The molecular formula is C20H20N4O4S3. The Bertz CT molecular complexity index is 1150. The molecule has 162 valence electrons. The fraction of sp³-hybridized carbons (Fsp3) is 0.150. The molecule has 1 amide bonds. The first-order chi connectivity index (χ1) is 14.9. The molecule has 0 aliphatic heterocycles. The summed E-state index contributed by atoms with van der Waals surface area (Å²) in [6.07, 6.45) is 2.38. The maximum atomic E-state index is 12.4. The maximum absolute atomic E-state index is 12.4. The number of benzene rings is 2. The third-order valence-corrected chi connectivity index (χ3v) is 6.25. The molecule has 0 aliphatic rings. The summed E-state index contributed by atoms with van der Waals surface area (Å²) in [6.45, 7) is 2.57. The number of carbonyl (C=O) groups excluding carboxylic acids is 1.